The van der Waals surface area contributed by atoms with Crippen LogP contribution >= 0.6 is 0 Å². The van der Waals surface area contributed by atoms with Gasteiger partial charge in [-0.2, -0.15) is 0 Å². The van der Waals surface area contributed by atoms with E-state index >= 15 is 0 Å². The molecule has 0 atom stereocenters. The van der Waals surface area contributed by atoms with Crippen LogP contribution in [0.25, 0.3) is 5.69 Å². The molecule has 6 heteroatoms. The summed E-state index contributed by atoms with van der Waals surface area (Å²) in [6.45, 7) is 8.12. The van der Waals surface area contributed by atoms with Gasteiger partial charge in [0.25, 0.3) is 11.8 Å². The molecule has 4 rings (SSSR count). The fourth-order valence-electron chi connectivity index (χ4n) is 4.00. The van der Waals surface area contributed by atoms with Gasteiger partial charge in [0, 0.05) is 43.3 Å². The molecular formula is C23H25N3O3. The molecule has 1 aliphatic rings. The van der Waals surface area contributed by atoms with Crippen LogP contribution in [-0.2, 0) is 0 Å². The minimum atomic E-state index is -0.125. The second-order valence-corrected chi connectivity index (χ2v) is 7.47. The number of aromatic nitrogens is 1. The first-order valence-electron chi connectivity index (χ1n) is 9.84. The SMILES string of the molecule is Cc1ccccc1-n1c(C)cc(C(=O)N2CCN(C(=O)c3ccco3)CC2)c1C. The van der Waals surface area contributed by atoms with E-state index in [-0.39, 0.29) is 11.8 Å². The molecule has 1 aliphatic heterocycles. The standard InChI is InChI=1S/C23H25N3O3/c1-16-7-4-5-8-20(16)26-17(2)15-19(18(26)3)22(27)24-10-12-25(13-11-24)23(28)21-9-6-14-29-21/h4-9,14-15H,10-13H2,1-3H3. The lowest BCUT2D eigenvalue weighted by Crippen LogP contribution is -2.50. The lowest BCUT2D eigenvalue weighted by atomic mass is 10.1. The van der Waals surface area contributed by atoms with Crippen LogP contribution in [0.4, 0.5) is 0 Å². The van der Waals surface area contributed by atoms with Crippen LogP contribution in [0.3, 0.4) is 0 Å². The van der Waals surface area contributed by atoms with Crippen molar-refractivity contribution in [3.05, 3.63) is 77.0 Å². The third-order valence-electron chi connectivity index (χ3n) is 5.60. The van der Waals surface area contributed by atoms with Gasteiger partial charge >= 0.3 is 0 Å². The molecule has 0 spiro atoms. The number of carbonyl (C=O) groups is 2. The van der Waals surface area contributed by atoms with Crippen molar-refractivity contribution in [1.82, 2.24) is 14.4 Å². The first kappa shape index (κ1) is 19.1. The first-order valence-corrected chi connectivity index (χ1v) is 9.84. The van der Waals surface area contributed by atoms with Gasteiger partial charge in [-0.3, -0.25) is 9.59 Å². The van der Waals surface area contributed by atoms with Gasteiger partial charge in [-0.05, 0) is 50.6 Å². The van der Waals surface area contributed by atoms with E-state index < -0.39 is 0 Å². The molecule has 29 heavy (non-hydrogen) atoms. The minimum absolute atomic E-state index is 0.0167. The summed E-state index contributed by atoms with van der Waals surface area (Å²) in [5.74, 6) is 0.231. The molecule has 3 aromatic rings. The van der Waals surface area contributed by atoms with Gasteiger partial charge in [-0.25, -0.2) is 0 Å². The maximum atomic E-state index is 13.2. The van der Waals surface area contributed by atoms with Crippen LogP contribution < -0.4 is 0 Å². The number of benzene rings is 1. The number of rotatable bonds is 3. The highest BCUT2D eigenvalue weighted by atomic mass is 16.3. The van der Waals surface area contributed by atoms with Crippen molar-refractivity contribution in [2.75, 3.05) is 26.2 Å². The van der Waals surface area contributed by atoms with Crippen molar-refractivity contribution in [3.63, 3.8) is 0 Å². The predicted octanol–water partition coefficient (Wildman–Crippen LogP) is 3.59. The van der Waals surface area contributed by atoms with Gasteiger partial charge in [-0.1, -0.05) is 18.2 Å². The van der Waals surface area contributed by atoms with Crippen LogP contribution in [0.5, 0.6) is 0 Å². The highest BCUT2D eigenvalue weighted by molar-refractivity contribution is 5.96. The number of nitrogens with zero attached hydrogens (tertiary/aromatic N) is 3. The molecular weight excluding hydrogens is 366 g/mol. The van der Waals surface area contributed by atoms with E-state index in [0.29, 0.717) is 31.9 Å². The molecule has 0 radical (unpaired) electrons. The fraction of sp³-hybridized carbons (Fsp3) is 0.304. The van der Waals surface area contributed by atoms with Crippen molar-refractivity contribution < 1.29 is 14.0 Å². The van der Waals surface area contributed by atoms with E-state index in [0.717, 1.165) is 22.6 Å². The monoisotopic (exact) mass is 391 g/mol. The summed E-state index contributed by atoms with van der Waals surface area (Å²) in [5, 5.41) is 0. The maximum absolute atomic E-state index is 13.2. The third kappa shape index (κ3) is 3.46. The molecule has 3 heterocycles. The molecule has 2 amide bonds. The van der Waals surface area contributed by atoms with Gasteiger partial charge in [0.15, 0.2) is 5.76 Å². The predicted molar refractivity (Wildman–Crippen MR) is 110 cm³/mol. The van der Waals surface area contributed by atoms with Crippen LogP contribution in [0, 0.1) is 20.8 Å². The number of aryl methyl sites for hydroxylation is 2. The molecule has 2 aromatic heterocycles. The Morgan fingerprint density at radius 2 is 1.52 bits per heavy atom. The summed E-state index contributed by atoms with van der Waals surface area (Å²) in [6, 6.07) is 13.5. The zero-order valence-corrected chi connectivity index (χ0v) is 17.0. The summed E-state index contributed by atoms with van der Waals surface area (Å²) in [7, 11) is 0. The second kappa shape index (κ2) is 7.62. The largest absolute Gasteiger partial charge is 0.459 e. The van der Waals surface area contributed by atoms with Gasteiger partial charge in [0.2, 0.25) is 0 Å². The van der Waals surface area contributed by atoms with E-state index in [2.05, 4.69) is 23.6 Å². The van der Waals surface area contributed by atoms with Crippen molar-refractivity contribution >= 4 is 11.8 Å². The molecule has 0 unspecified atom stereocenters. The average molecular weight is 391 g/mol. The lowest BCUT2D eigenvalue weighted by Gasteiger charge is -2.34. The van der Waals surface area contributed by atoms with Gasteiger partial charge in [0.1, 0.15) is 0 Å². The first-order chi connectivity index (χ1) is 14.0. The number of amides is 2. The van der Waals surface area contributed by atoms with Gasteiger partial charge in [0.05, 0.1) is 11.8 Å². The molecule has 1 fully saturated rings. The molecule has 1 aromatic carbocycles. The number of furan rings is 1. The van der Waals surface area contributed by atoms with E-state index in [9.17, 15) is 9.59 Å². The lowest BCUT2D eigenvalue weighted by molar-refractivity contribution is 0.0517. The average Bonchev–Trinajstić information content (AvgIpc) is 3.36. The topological polar surface area (TPSA) is 58.7 Å². The fourth-order valence-corrected chi connectivity index (χ4v) is 4.00. The Kier molecular flexibility index (Phi) is 5.01. The second-order valence-electron chi connectivity index (χ2n) is 7.47. The Morgan fingerprint density at radius 1 is 0.862 bits per heavy atom. The summed E-state index contributed by atoms with van der Waals surface area (Å²) in [6.07, 6.45) is 1.50. The smallest absolute Gasteiger partial charge is 0.289 e. The normalized spacial score (nSPS) is 14.3. The van der Waals surface area contributed by atoms with Gasteiger partial charge < -0.3 is 18.8 Å². The zero-order chi connectivity index (χ0) is 20.5. The van der Waals surface area contributed by atoms with E-state index in [4.69, 9.17) is 4.42 Å². The maximum Gasteiger partial charge on any atom is 0.289 e. The number of hydrogen-bond acceptors (Lipinski definition) is 3. The van der Waals surface area contributed by atoms with Crippen molar-refractivity contribution in [3.8, 4) is 5.69 Å². The molecule has 0 bridgehead atoms. The third-order valence-corrected chi connectivity index (χ3v) is 5.60. The van der Waals surface area contributed by atoms with Crippen LogP contribution in [0.1, 0.15) is 37.9 Å². The molecule has 150 valence electrons. The Bertz CT molecular complexity index is 1040. The van der Waals surface area contributed by atoms with Crippen molar-refractivity contribution in [2.45, 2.75) is 20.8 Å². The molecule has 1 saturated heterocycles. The Labute approximate surface area is 170 Å². The Hall–Kier alpha value is -3.28. The number of piperazine rings is 1. The molecule has 6 nitrogen and oxygen atoms in total. The van der Waals surface area contributed by atoms with Crippen molar-refractivity contribution in [2.24, 2.45) is 0 Å². The summed E-state index contributed by atoms with van der Waals surface area (Å²) < 4.78 is 7.34. The number of para-hydroxylation sites is 1. The number of hydrogen-bond donors (Lipinski definition) is 0. The van der Waals surface area contributed by atoms with E-state index in [1.807, 2.05) is 36.9 Å². The molecule has 0 saturated carbocycles. The Balaban J connectivity index is 1.51. The highest BCUT2D eigenvalue weighted by Gasteiger charge is 2.28. The van der Waals surface area contributed by atoms with Gasteiger partial charge in [-0.15, -0.1) is 0 Å². The number of carbonyl (C=O) groups excluding carboxylic acids is 2. The summed E-state index contributed by atoms with van der Waals surface area (Å²) >= 11 is 0. The van der Waals surface area contributed by atoms with Crippen molar-refractivity contribution in [1.29, 1.82) is 0 Å². The molecule has 0 N–H and O–H groups in total. The summed E-state index contributed by atoms with van der Waals surface area (Å²) in [5.41, 5.74) is 4.95. The zero-order valence-electron chi connectivity index (χ0n) is 17.0. The minimum Gasteiger partial charge on any atom is -0.459 e. The van der Waals surface area contributed by atoms with E-state index in [1.54, 1.807) is 17.0 Å². The Morgan fingerprint density at radius 3 is 2.14 bits per heavy atom. The van der Waals surface area contributed by atoms with Crippen LogP contribution in [0.2, 0.25) is 0 Å². The summed E-state index contributed by atoms with van der Waals surface area (Å²) in [4.78, 5) is 29.2. The van der Waals surface area contributed by atoms with E-state index in [1.165, 1.54) is 11.8 Å². The van der Waals surface area contributed by atoms with Crippen LogP contribution in [-0.4, -0.2) is 52.4 Å². The highest BCUT2D eigenvalue weighted by Crippen LogP contribution is 2.24. The quantitative estimate of drug-likeness (QED) is 0.686. The molecule has 0 aliphatic carbocycles. The van der Waals surface area contributed by atoms with Crippen LogP contribution in [0.15, 0.2) is 53.1 Å².